The number of benzene rings is 1. The Labute approximate surface area is 151 Å². The smallest absolute Gasteiger partial charge is 0.252 e. The van der Waals surface area contributed by atoms with Gasteiger partial charge >= 0.3 is 0 Å². The standard InChI is InChI=1S/C18H21ClN4O2/c1-21-17(24)13-3-5-16(22-10-13)18(25)6-7-23(11-18)14-4-2-12(9-20)15(19)8-14/h2-5,8,10,25H,6-7,9,11,20H2,1H3,(H,21,24). The zero-order valence-corrected chi connectivity index (χ0v) is 14.8. The predicted octanol–water partition coefficient (Wildman–Crippen LogP) is 1.65. The van der Waals surface area contributed by atoms with Gasteiger partial charge in [-0.05, 0) is 29.8 Å². The molecule has 1 atom stereocenters. The molecule has 1 aromatic heterocycles. The Bertz CT molecular complexity index is 781. The van der Waals surface area contributed by atoms with Gasteiger partial charge < -0.3 is 21.1 Å². The van der Waals surface area contributed by atoms with E-state index in [9.17, 15) is 9.90 Å². The van der Waals surface area contributed by atoms with Crippen molar-refractivity contribution in [1.29, 1.82) is 0 Å². The van der Waals surface area contributed by atoms with E-state index in [-0.39, 0.29) is 5.91 Å². The number of hydrogen-bond acceptors (Lipinski definition) is 5. The number of aliphatic hydroxyl groups is 1. The molecule has 1 saturated heterocycles. The van der Waals surface area contributed by atoms with Gasteiger partial charge in [-0.25, -0.2) is 0 Å². The first-order valence-corrected chi connectivity index (χ1v) is 8.49. The number of hydrogen-bond donors (Lipinski definition) is 3. The van der Waals surface area contributed by atoms with Crippen molar-refractivity contribution in [2.24, 2.45) is 5.73 Å². The van der Waals surface area contributed by atoms with Gasteiger partial charge in [0.15, 0.2) is 0 Å². The summed E-state index contributed by atoms with van der Waals surface area (Å²) in [5, 5.41) is 14.2. The highest BCUT2D eigenvalue weighted by Gasteiger charge is 2.39. The van der Waals surface area contributed by atoms with Crippen molar-refractivity contribution in [3.63, 3.8) is 0 Å². The van der Waals surface area contributed by atoms with Crippen LogP contribution < -0.4 is 16.0 Å². The second-order valence-corrected chi connectivity index (χ2v) is 6.60. The van der Waals surface area contributed by atoms with E-state index in [1.807, 2.05) is 18.2 Å². The molecule has 6 nitrogen and oxygen atoms in total. The monoisotopic (exact) mass is 360 g/mol. The zero-order valence-electron chi connectivity index (χ0n) is 14.0. The third-order valence-electron chi connectivity index (χ3n) is 4.60. The number of halogens is 1. The maximum Gasteiger partial charge on any atom is 0.252 e. The molecule has 1 aliphatic rings. The maximum atomic E-state index is 11.6. The van der Waals surface area contributed by atoms with Crippen molar-refractivity contribution in [2.45, 2.75) is 18.6 Å². The lowest BCUT2D eigenvalue weighted by Crippen LogP contribution is -2.32. The summed E-state index contributed by atoms with van der Waals surface area (Å²) in [6.07, 6.45) is 2.04. The van der Waals surface area contributed by atoms with E-state index in [1.165, 1.54) is 6.20 Å². The summed E-state index contributed by atoms with van der Waals surface area (Å²) in [6.45, 7) is 1.50. The highest BCUT2D eigenvalue weighted by atomic mass is 35.5. The fraction of sp³-hybridized carbons (Fsp3) is 0.333. The topological polar surface area (TPSA) is 91.5 Å². The van der Waals surface area contributed by atoms with Crippen LogP contribution in [0.5, 0.6) is 0 Å². The average molecular weight is 361 g/mol. The lowest BCUT2D eigenvalue weighted by Gasteiger charge is -2.24. The molecule has 25 heavy (non-hydrogen) atoms. The molecule has 1 aliphatic heterocycles. The molecule has 3 rings (SSSR count). The number of nitrogens with zero attached hydrogens (tertiary/aromatic N) is 2. The fourth-order valence-electron chi connectivity index (χ4n) is 3.07. The third-order valence-corrected chi connectivity index (χ3v) is 4.95. The second-order valence-electron chi connectivity index (χ2n) is 6.19. The first-order chi connectivity index (χ1) is 12.0. The largest absolute Gasteiger partial charge is 0.382 e. The SMILES string of the molecule is CNC(=O)c1ccc(C2(O)CCN(c3ccc(CN)c(Cl)c3)C2)nc1. The molecule has 2 aromatic rings. The Balaban J connectivity index is 1.78. The van der Waals surface area contributed by atoms with Crippen LogP contribution in [0.1, 0.15) is 28.0 Å². The van der Waals surface area contributed by atoms with Crippen LogP contribution in [0.3, 0.4) is 0 Å². The van der Waals surface area contributed by atoms with E-state index in [0.29, 0.717) is 42.3 Å². The number of aromatic nitrogens is 1. The van der Waals surface area contributed by atoms with E-state index in [0.717, 1.165) is 11.3 Å². The van der Waals surface area contributed by atoms with Crippen molar-refractivity contribution in [3.8, 4) is 0 Å². The molecule has 4 N–H and O–H groups in total. The fourth-order valence-corrected chi connectivity index (χ4v) is 3.32. The molecule has 1 fully saturated rings. The van der Waals surface area contributed by atoms with Crippen LogP contribution in [0.2, 0.25) is 5.02 Å². The normalized spacial score (nSPS) is 19.9. The van der Waals surface area contributed by atoms with Crippen LogP contribution >= 0.6 is 11.6 Å². The Morgan fingerprint density at radius 3 is 2.84 bits per heavy atom. The van der Waals surface area contributed by atoms with Crippen LogP contribution in [-0.4, -0.2) is 36.1 Å². The molecular weight excluding hydrogens is 340 g/mol. The highest BCUT2D eigenvalue weighted by Crippen LogP contribution is 2.35. The molecule has 7 heteroatoms. The van der Waals surface area contributed by atoms with E-state index < -0.39 is 5.60 Å². The number of β-amino-alcohol motifs (C(OH)–C–C–N with tert-alkyl or cyclic N) is 1. The minimum Gasteiger partial charge on any atom is -0.382 e. The molecular formula is C18H21ClN4O2. The number of carbonyl (C=O) groups excluding carboxylic acids is 1. The molecule has 0 spiro atoms. The first kappa shape index (κ1) is 17.7. The molecule has 132 valence electrons. The van der Waals surface area contributed by atoms with Crippen LogP contribution in [0.15, 0.2) is 36.5 Å². The summed E-state index contributed by atoms with van der Waals surface area (Å²) in [5.74, 6) is -0.200. The van der Waals surface area contributed by atoms with Crippen molar-refractivity contribution in [2.75, 3.05) is 25.0 Å². The molecule has 1 amide bonds. The van der Waals surface area contributed by atoms with Gasteiger partial charge in [-0.15, -0.1) is 0 Å². The Hall–Kier alpha value is -2.15. The van der Waals surface area contributed by atoms with Crippen molar-refractivity contribution < 1.29 is 9.90 Å². The van der Waals surface area contributed by atoms with Gasteiger partial charge in [-0.2, -0.15) is 0 Å². The molecule has 0 bridgehead atoms. The summed E-state index contributed by atoms with van der Waals surface area (Å²) in [6, 6.07) is 9.12. The van der Waals surface area contributed by atoms with Crippen molar-refractivity contribution in [1.82, 2.24) is 10.3 Å². The van der Waals surface area contributed by atoms with Gasteiger partial charge in [0.1, 0.15) is 5.60 Å². The molecule has 0 saturated carbocycles. The molecule has 1 unspecified atom stereocenters. The number of anilines is 1. The number of nitrogens with one attached hydrogen (secondary N) is 1. The minimum absolute atomic E-state index is 0.200. The summed E-state index contributed by atoms with van der Waals surface area (Å²) in [7, 11) is 1.57. The van der Waals surface area contributed by atoms with Gasteiger partial charge in [-0.1, -0.05) is 17.7 Å². The Morgan fingerprint density at radius 1 is 1.44 bits per heavy atom. The zero-order chi connectivity index (χ0) is 18.0. The number of pyridine rings is 1. The van der Waals surface area contributed by atoms with E-state index in [2.05, 4.69) is 15.2 Å². The van der Waals surface area contributed by atoms with Crippen LogP contribution in [0.4, 0.5) is 5.69 Å². The molecule has 0 aliphatic carbocycles. The summed E-state index contributed by atoms with van der Waals surface area (Å²) >= 11 is 6.24. The van der Waals surface area contributed by atoms with E-state index in [4.69, 9.17) is 17.3 Å². The Morgan fingerprint density at radius 2 is 2.24 bits per heavy atom. The minimum atomic E-state index is -1.06. The second kappa shape index (κ2) is 7.00. The van der Waals surface area contributed by atoms with Crippen molar-refractivity contribution >= 4 is 23.2 Å². The van der Waals surface area contributed by atoms with E-state index in [1.54, 1.807) is 19.2 Å². The predicted molar refractivity (Wildman–Crippen MR) is 97.7 cm³/mol. The lowest BCUT2D eigenvalue weighted by atomic mass is 9.98. The summed E-state index contributed by atoms with van der Waals surface area (Å²) in [4.78, 5) is 18.0. The molecule has 0 radical (unpaired) electrons. The number of carbonyl (C=O) groups is 1. The number of nitrogens with two attached hydrogens (primary N) is 1. The lowest BCUT2D eigenvalue weighted by molar-refractivity contribution is 0.0559. The van der Waals surface area contributed by atoms with Crippen LogP contribution in [-0.2, 0) is 12.1 Å². The van der Waals surface area contributed by atoms with E-state index >= 15 is 0 Å². The van der Waals surface area contributed by atoms with Gasteiger partial charge in [-0.3, -0.25) is 9.78 Å². The van der Waals surface area contributed by atoms with Gasteiger partial charge in [0.2, 0.25) is 0 Å². The van der Waals surface area contributed by atoms with Crippen LogP contribution in [0.25, 0.3) is 0 Å². The first-order valence-electron chi connectivity index (χ1n) is 8.11. The molecule has 2 heterocycles. The average Bonchev–Trinajstić information content (AvgIpc) is 3.04. The van der Waals surface area contributed by atoms with Gasteiger partial charge in [0, 0.05) is 43.5 Å². The van der Waals surface area contributed by atoms with Crippen LogP contribution in [0, 0.1) is 0 Å². The third kappa shape index (κ3) is 3.46. The number of rotatable bonds is 4. The van der Waals surface area contributed by atoms with Crippen molar-refractivity contribution in [3.05, 3.63) is 58.4 Å². The Kier molecular flexibility index (Phi) is 4.94. The maximum absolute atomic E-state index is 11.6. The van der Waals surface area contributed by atoms with Gasteiger partial charge in [0.25, 0.3) is 5.91 Å². The van der Waals surface area contributed by atoms with Gasteiger partial charge in [0.05, 0.1) is 17.8 Å². The number of amides is 1. The quantitative estimate of drug-likeness (QED) is 0.771. The summed E-state index contributed by atoms with van der Waals surface area (Å²) < 4.78 is 0. The highest BCUT2D eigenvalue weighted by molar-refractivity contribution is 6.31. The summed E-state index contributed by atoms with van der Waals surface area (Å²) in [5.41, 5.74) is 7.45. The molecule has 1 aromatic carbocycles.